The van der Waals surface area contributed by atoms with Gasteiger partial charge in [-0.05, 0) is 54.5 Å². The topological polar surface area (TPSA) is 0 Å². The maximum absolute atomic E-state index is 2.46. The Hall–Kier alpha value is -0.0800. The van der Waals surface area contributed by atoms with E-state index in [0.717, 1.165) is 6.42 Å². The van der Waals surface area contributed by atoms with E-state index in [0.29, 0.717) is 0 Å². The molecule has 0 atom stereocenters. The molecule has 0 nitrogen and oxygen atoms in total. The summed E-state index contributed by atoms with van der Waals surface area (Å²) in [7, 11) is 0. The van der Waals surface area contributed by atoms with Crippen LogP contribution in [0.25, 0.3) is 0 Å². The normalized spacial score (nSPS) is 11.4. The molecule has 0 aliphatic heterocycles. The summed E-state index contributed by atoms with van der Waals surface area (Å²) in [5.74, 6) is 2.57. The molecule has 0 aliphatic rings. The third-order valence-electron chi connectivity index (χ3n) is 6.88. The van der Waals surface area contributed by atoms with Crippen LogP contribution in [-0.2, 0) is 6.42 Å². The summed E-state index contributed by atoms with van der Waals surface area (Å²) in [6.07, 6.45) is 29.7. The molecular weight excluding hydrogens is 448 g/mol. The van der Waals surface area contributed by atoms with Gasteiger partial charge in [0.15, 0.2) is 0 Å². The van der Waals surface area contributed by atoms with Crippen molar-refractivity contribution in [3.05, 3.63) is 23.8 Å². The molecule has 0 amide bonds. The fraction of sp³-hybridized carbons (Fsp3) is 0.812. The molecule has 0 radical (unpaired) electrons. The van der Waals surface area contributed by atoms with Gasteiger partial charge in [0.2, 0.25) is 0 Å². The minimum atomic E-state index is 1.15. The van der Waals surface area contributed by atoms with E-state index in [1.165, 1.54) is 155 Å². The molecule has 0 N–H and O–H groups in total. The quantitative estimate of drug-likeness (QED) is 0.0955. The second kappa shape index (κ2) is 24.6. The van der Waals surface area contributed by atoms with Gasteiger partial charge in [-0.25, -0.2) is 0 Å². The van der Waals surface area contributed by atoms with Gasteiger partial charge in [-0.2, -0.15) is 0 Å². The van der Waals surface area contributed by atoms with Crippen molar-refractivity contribution in [2.24, 2.45) is 0 Å². The first-order chi connectivity index (χ1) is 16.8. The third kappa shape index (κ3) is 19.1. The van der Waals surface area contributed by atoms with Crippen molar-refractivity contribution >= 4 is 23.5 Å². The van der Waals surface area contributed by atoms with Crippen LogP contribution in [0.4, 0.5) is 0 Å². The van der Waals surface area contributed by atoms with Gasteiger partial charge in [0.05, 0.1) is 0 Å². The molecule has 1 aromatic rings. The SMILES string of the molecule is CCCCCCCCCCCCSc1cc(CC)cc(SCCCCCCCCCCCC)c1. The van der Waals surface area contributed by atoms with E-state index in [-0.39, 0.29) is 0 Å². The Morgan fingerprint density at radius 1 is 0.412 bits per heavy atom. The molecule has 198 valence electrons. The van der Waals surface area contributed by atoms with Crippen LogP contribution in [0.1, 0.15) is 155 Å². The Kier molecular flexibility index (Phi) is 23.1. The maximum Gasteiger partial charge on any atom is 0.00858 e. The Bertz CT molecular complexity index is 510. The monoisotopic (exact) mass is 506 g/mol. The summed E-state index contributed by atoms with van der Waals surface area (Å²) in [6, 6.07) is 7.33. The minimum Gasteiger partial charge on any atom is -0.126 e. The van der Waals surface area contributed by atoms with Gasteiger partial charge in [0.25, 0.3) is 0 Å². The van der Waals surface area contributed by atoms with E-state index in [1.54, 1.807) is 0 Å². The van der Waals surface area contributed by atoms with Gasteiger partial charge in [0.1, 0.15) is 0 Å². The van der Waals surface area contributed by atoms with Crippen LogP contribution >= 0.6 is 23.5 Å². The van der Waals surface area contributed by atoms with Crippen LogP contribution in [0.5, 0.6) is 0 Å². The van der Waals surface area contributed by atoms with Gasteiger partial charge in [-0.1, -0.05) is 136 Å². The molecule has 0 heterocycles. The molecular formula is C32H58S2. The van der Waals surface area contributed by atoms with Crippen molar-refractivity contribution < 1.29 is 0 Å². The van der Waals surface area contributed by atoms with Crippen molar-refractivity contribution in [2.75, 3.05) is 11.5 Å². The molecule has 0 unspecified atom stereocenters. The molecule has 0 aromatic heterocycles. The van der Waals surface area contributed by atoms with E-state index in [4.69, 9.17) is 0 Å². The largest absolute Gasteiger partial charge is 0.126 e. The van der Waals surface area contributed by atoms with Crippen LogP contribution in [0, 0.1) is 0 Å². The summed E-state index contributed by atoms with van der Waals surface area (Å²) in [5.41, 5.74) is 1.51. The third-order valence-corrected chi connectivity index (χ3v) is 9.00. The van der Waals surface area contributed by atoms with E-state index in [1.807, 2.05) is 0 Å². The Labute approximate surface area is 223 Å². The highest BCUT2D eigenvalue weighted by Gasteiger charge is 2.03. The first-order valence-corrected chi connectivity index (χ1v) is 17.2. The van der Waals surface area contributed by atoms with E-state index >= 15 is 0 Å². The highest BCUT2D eigenvalue weighted by Crippen LogP contribution is 2.29. The molecule has 0 spiro atoms. The second-order valence-corrected chi connectivity index (χ2v) is 12.6. The molecule has 34 heavy (non-hydrogen) atoms. The van der Waals surface area contributed by atoms with Crippen molar-refractivity contribution in [3.63, 3.8) is 0 Å². The molecule has 2 heteroatoms. The van der Waals surface area contributed by atoms with Crippen LogP contribution in [0.15, 0.2) is 28.0 Å². The molecule has 0 aliphatic carbocycles. The second-order valence-electron chi connectivity index (χ2n) is 10.2. The van der Waals surface area contributed by atoms with Crippen LogP contribution < -0.4 is 0 Å². The van der Waals surface area contributed by atoms with Gasteiger partial charge in [-0.3, -0.25) is 0 Å². The predicted octanol–water partition coefficient (Wildman–Crippen LogP) is 12.3. The maximum atomic E-state index is 2.46. The fourth-order valence-corrected chi connectivity index (χ4v) is 6.69. The fourth-order valence-electron chi connectivity index (χ4n) is 4.56. The average molecular weight is 507 g/mol. The van der Waals surface area contributed by atoms with E-state index in [2.05, 4.69) is 62.5 Å². The summed E-state index contributed by atoms with van der Waals surface area (Å²) in [5, 5.41) is 0. The summed E-state index contributed by atoms with van der Waals surface area (Å²) in [6.45, 7) is 6.90. The van der Waals surface area contributed by atoms with Crippen molar-refractivity contribution in [1.82, 2.24) is 0 Å². The first kappa shape index (κ1) is 31.9. The number of hydrogen-bond donors (Lipinski definition) is 0. The Morgan fingerprint density at radius 3 is 1.06 bits per heavy atom. The molecule has 0 saturated heterocycles. The van der Waals surface area contributed by atoms with Gasteiger partial charge in [-0.15, -0.1) is 23.5 Å². The standard InChI is InChI=1S/C32H58S2/c1-4-7-9-11-13-15-17-19-21-23-25-33-31-27-30(6-3)28-32(29-31)34-26-24-22-20-18-16-14-12-10-8-5-2/h27-29H,4-26H2,1-3H3. The summed E-state index contributed by atoms with van der Waals surface area (Å²) < 4.78 is 0. The number of thioether (sulfide) groups is 2. The van der Waals surface area contributed by atoms with Crippen molar-refractivity contribution in [2.45, 2.75) is 165 Å². The lowest BCUT2D eigenvalue weighted by molar-refractivity contribution is 0.563. The lowest BCUT2D eigenvalue weighted by Crippen LogP contribution is -1.88. The number of benzene rings is 1. The van der Waals surface area contributed by atoms with Gasteiger partial charge >= 0.3 is 0 Å². The molecule has 1 aromatic carbocycles. The van der Waals surface area contributed by atoms with Crippen LogP contribution in [0.3, 0.4) is 0 Å². The smallest absolute Gasteiger partial charge is 0.00858 e. The molecule has 1 rings (SSSR count). The average Bonchev–Trinajstić information content (AvgIpc) is 2.85. The van der Waals surface area contributed by atoms with Crippen molar-refractivity contribution in [1.29, 1.82) is 0 Å². The van der Waals surface area contributed by atoms with Gasteiger partial charge in [0, 0.05) is 9.79 Å². The van der Waals surface area contributed by atoms with E-state index < -0.39 is 0 Å². The minimum absolute atomic E-state index is 1.15. The molecule has 0 fully saturated rings. The highest BCUT2D eigenvalue weighted by atomic mass is 32.2. The number of aryl methyl sites for hydroxylation is 1. The van der Waals surface area contributed by atoms with Crippen LogP contribution in [0.2, 0.25) is 0 Å². The zero-order valence-electron chi connectivity index (χ0n) is 23.3. The Morgan fingerprint density at radius 2 is 0.735 bits per heavy atom. The highest BCUT2D eigenvalue weighted by molar-refractivity contribution is 8.00. The summed E-state index contributed by atoms with van der Waals surface area (Å²) in [4.78, 5) is 3.00. The number of hydrogen-bond acceptors (Lipinski definition) is 2. The molecule has 0 bridgehead atoms. The Balaban J connectivity index is 2.10. The van der Waals surface area contributed by atoms with Crippen LogP contribution in [-0.4, -0.2) is 11.5 Å². The zero-order chi connectivity index (χ0) is 24.5. The number of unbranched alkanes of at least 4 members (excludes halogenated alkanes) is 18. The van der Waals surface area contributed by atoms with E-state index in [9.17, 15) is 0 Å². The lowest BCUT2D eigenvalue weighted by Gasteiger charge is -2.09. The summed E-state index contributed by atoms with van der Waals surface area (Å²) >= 11 is 4.18. The molecule has 0 saturated carbocycles. The predicted molar refractivity (Wildman–Crippen MR) is 161 cm³/mol. The first-order valence-electron chi connectivity index (χ1n) is 15.2. The van der Waals surface area contributed by atoms with Gasteiger partial charge < -0.3 is 0 Å². The zero-order valence-corrected chi connectivity index (χ0v) is 24.9. The van der Waals surface area contributed by atoms with Crippen molar-refractivity contribution in [3.8, 4) is 0 Å². The lowest BCUT2D eigenvalue weighted by atomic mass is 10.1. The number of rotatable bonds is 25.